The largest absolute Gasteiger partial charge is 0.497 e. The Morgan fingerprint density at radius 2 is 1.75 bits per heavy atom. The lowest BCUT2D eigenvalue weighted by atomic mass is 10.1. The molecule has 1 amide bonds. The first-order valence-corrected chi connectivity index (χ1v) is 12.3. The third-order valence-electron chi connectivity index (χ3n) is 6.22. The Balaban J connectivity index is 1.57. The molecule has 3 aromatic carbocycles. The van der Waals surface area contributed by atoms with Crippen molar-refractivity contribution in [1.82, 2.24) is 19.2 Å². The van der Waals surface area contributed by atoms with E-state index in [0.717, 1.165) is 16.8 Å². The number of methoxy groups -OCH3 is 1. The molecule has 5 aromatic rings. The molecule has 1 atom stereocenters. The van der Waals surface area contributed by atoms with Gasteiger partial charge < -0.3 is 10.1 Å². The van der Waals surface area contributed by atoms with Crippen molar-refractivity contribution >= 4 is 40.0 Å². The van der Waals surface area contributed by atoms with Crippen LogP contribution in [0, 0.1) is 13.8 Å². The number of carbonyl (C=O) groups excluding carboxylic acids is 1. The number of fused-ring (bicyclic) bond motifs is 3. The van der Waals surface area contributed by atoms with Crippen LogP contribution < -0.4 is 15.6 Å². The molecule has 2 heterocycles. The van der Waals surface area contributed by atoms with E-state index in [1.165, 1.54) is 11.8 Å². The molecule has 0 aliphatic rings. The number of para-hydroxylation sites is 1. The molecule has 2 aromatic heterocycles. The molecule has 0 fully saturated rings. The Bertz CT molecular complexity index is 1660. The third kappa shape index (κ3) is 4.11. The molecule has 9 heteroatoms. The van der Waals surface area contributed by atoms with Crippen LogP contribution in [0.2, 0.25) is 0 Å². The number of hydrogen-bond donors (Lipinski definition) is 1. The Kier molecular flexibility index (Phi) is 6.24. The summed E-state index contributed by atoms with van der Waals surface area (Å²) in [4.78, 5) is 26.5. The number of amides is 1. The molecule has 0 saturated carbocycles. The number of hydrogen-bond acceptors (Lipinski definition) is 6. The van der Waals surface area contributed by atoms with Gasteiger partial charge in [-0.3, -0.25) is 14.0 Å². The van der Waals surface area contributed by atoms with Crippen LogP contribution in [0.15, 0.2) is 76.7 Å². The highest BCUT2D eigenvalue weighted by atomic mass is 32.2. The van der Waals surface area contributed by atoms with Crippen molar-refractivity contribution in [3.63, 3.8) is 0 Å². The highest BCUT2D eigenvalue weighted by Gasteiger charge is 2.23. The molecule has 36 heavy (non-hydrogen) atoms. The number of nitrogens with zero attached hydrogens (tertiary/aromatic N) is 4. The number of carbonyl (C=O) groups is 1. The zero-order valence-electron chi connectivity index (χ0n) is 20.4. The number of anilines is 1. The number of rotatable bonds is 6. The van der Waals surface area contributed by atoms with Gasteiger partial charge in [0.2, 0.25) is 11.7 Å². The summed E-state index contributed by atoms with van der Waals surface area (Å²) in [6, 6.07) is 20.4. The summed E-state index contributed by atoms with van der Waals surface area (Å²) in [7, 11) is 1.60. The SMILES string of the molecule is COc1ccc(NC(=O)C(C)Sc2nnc3n(-c4cccc(C)c4C)c(=O)c4ccccc4n23)cc1. The van der Waals surface area contributed by atoms with E-state index in [2.05, 4.69) is 15.5 Å². The second-order valence-electron chi connectivity index (χ2n) is 8.47. The predicted octanol–water partition coefficient (Wildman–Crippen LogP) is 4.78. The van der Waals surface area contributed by atoms with Crippen LogP contribution in [0.4, 0.5) is 5.69 Å². The second kappa shape index (κ2) is 9.50. The first kappa shape index (κ1) is 23.6. The molecule has 0 aliphatic heterocycles. The number of aromatic nitrogens is 4. The Labute approximate surface area is 211 Å². The summed E-state index contributed by atoms with van der Waals surface area (Å²) < 4.78 is 8.62. The fraction of sp³-hybridized carbons (Fsp3) is 0.185. The van der Waals surface area contributed by atoms with Crippen molar-refractivity contribution in [3.8, 4) is 11.4 Å². The van der Waals surface area contributed by atoms with Crippen LogP contribution >= 0.6 is 11.8 Å². The van der Waals surface area contributed by atoms with E-state index in [4.69, 9.17) is 4.74 Å². The van der Waals surface area contributed by atoms with Crippen molar-refractivity contribution in [2.24, 2.45) is 0 Å². The van der Waals surface area contributed by atoms with E-state index in [9.17, 15) is 9.59 Å². The Morgan fingerprint density at radius 1 is 1.00 bits per heavy atom. The summed E-state index contributed by atoms with van der Waals surface area (Å²) in [6.45, 7) is 5.81. The van der Waals surface area contributed by atoms with Gasteiger partial charge in [0.1, 0.15) is 5.75 Å². The first-order chi connectivity index (χ1) is 17.4. The van der Waals surface area contributed by atoms with Crippen molar-refractivity contribution in [2.75, 3.05) is 12.4 Å². The number of ether oxygens (including phenoxy) is 1. The van der Waals surface area contributed by atoms with Crippen molar-refractivity contribution in [1.29, 1.82) is 0 Å². The van der Waals surface area contributed by atoms with Gasteiger partial charge in [0.15, 0.2) is 5.16 Å². The van der Waals surface area contributed by atoms with Gasteiger partial charge in [-0.05, 0) is 74.4 Å². The van der Waals surface area contributed by atoms with E-state index in [1.807, 2.05) is 61.6 Å². The lowest BCUT2D eigenvalue weighted by Crippen LogP contribution is -2.24. The minimum absolute atomic E-state index is 0.166. The van der Waals surface area contributed by atoms with Crippen molar-refractivity contribution < 1.29 is 9.53 Å². The van der Waals surface area contributed by atoms with Crippen LogP contribution in [-0.4, -0.2) is 37.4 Å². The normalized spacial score (nSPS) is 12.1. The van der Waals surface area contributed by atoms with Gasteiger partial charge in [-0.1, -0.05) is 36.0 Å². The van der Waals surface area contributed by atoms with Gasteiger partial charge in [0.05, 0.1) is 29.0 Å². The summed E-state index contributed by atoms with van der Waals surface area (Å²) in [5.74, 6) is 0.943. The third-order valence-corrected chi connectivity index (χ3v) is 7.26. The number of nitrogens with one attached hydrogen (secondary N) is 1. The maximum absolute atomic E-state index is 13.6. The molecule has 0 saturated heterocycles. The van der Waals surface area contributed by atoms with Crippen LogP contribution in [0.25, 0.3) is 22.4 Å². The highest BCUT2D eigenvalue weighted by Crippen LogP contribution is 2.28. The summed E-state index contributed by atoms with van der Waals surface area (Å²) in [6.07, 6.45) is 0. The van der Waals surface area contributed by atoms with E-state index < -0.39 is 5.25 Å². The molecule has 0 spiro atoms. The minimum Gasteiger partial charge on any atom is -0.497 e. The van der Waals surface area contributed by atoms with E-state index >= 15 is 0 Å². The minimum atomic E-state index is -0.473. The topological polar surface area (TPSA) is 90.5 Å². The van der Waals surface area contributed by atoms with Gasteiger partial charge in [0, 0.05) is 5.69 Å². The fourth-order valence-electron chi connectivity index (χ4n) is 4.08. The van der Waals surface area contributed by atoms with E-state index in [1.54, 1.807) is 42.0 Å². The monoisotopic (exact) mass is 499 g/mol. The average molecular weight is 500 g/mol. The van der Waals surface area contributed by atoms with Crippen molar-refractivity contribution in [3.05, 3.63) is 88.2 Å². The molecule has 5 rings (SSSR count). The Morgan fingerprint density at radius 3 is 2.50 bits per heavy atom. The van der Waals surface area contributed by atoms with Crippen LogP contribution in [0.1, 0.15) is 18.1 Å². The van der Waals surface area contributed by atoms with Gasteiger partial charge in [-0.25, -0.2) is 4.57 Å². The van der Waals surface area contributed by atoms with Crippen LogP contribution in [-0.2, 0) is 4.79 Å². The standard InChI is InChI=1S/C27H25N5O3S/c1-16-8-7-11-22(17(16)2)31-25(34)21-9-5-6-10-23(21)32-26(31)29-30-27(32)36-18(3)24(33)28-19-12-14-20(35-4)15-13-19/h5-15,18H,1-4H3,(H,28,33). The van der Waals surface area contributed by atoms with Gasteiger partial charge in [-0.15, -0.1) is 10.2 Å². The first-order valence-electron chi connectivity index (χ1n) is 11.5. The molecule has 1 unspecified atom stereocenters. The summed E-state index contributed by atoms with van der Waals surface area (Å²) >= 11 is 1.28. The van der Waals surface area contributed by atoms with Gasteiger partial charge >= 0.3 is 0 Å². The second-order valence-corrected chi connectivity index (χ2v) is 9.78. The maximum Gasteiger partial charge on any atom is 0.267 e. The fourth-order valence-corrected chi connectivity index (χ4v) is 4.94. The summed E-state index contributed by atoms with van der Waals surface area (Å²) in [5, 5.41) is 12.3. The maximum atomic E-state index is 13.6. The lowest BCUT2D eigenvalue weighted by Gasteiger charge is -2.15. The molecule has 0 aliphatic carbocycles. The smallest absolute Gasteiger partial charge is 0.267 e. The lowest BCUT2D eigenvalue weighted by molar-refractivity contribution is -0.115. The average Bonchev–Trinajstić information content (AvgIpc) is 3.30. The molecule has 8 nitrogen and oxygen atoms in total. The molecule has 0 radical (unpaired) electrons. The zero-order valence-corrected chi connectivity index (χ0v) is 21.2. The van der Waals surface area contributed by atoms with Gasteiger partial charge in [0.25, 0.3) is 5.56 Å². The Hall–Kier alpha value is -4.11. The highest BCUT2D eigenvalue weighted by molar-refractivity contribution is 8.00. The van der Waals surface area contributed by atoms with E-state index in [-0.39, 0.29) is 11.5 Å². The number of benzene rings is 3. The van der Waals surface area contributed by atoms with E-state index in [0.29, 0.717) is 33.3 Å². The number of aryl methyl sites for hydroxylation is 1. The van der Waals surface area contributed by atoms with Crippen molar-refractivity contribution in [2.45, 2.75) is 31.2 Å². The predicted molar refractivity (Wildman–Crippen MR) is 143 cm³/mol. The number of thioether (sulfide) groups is 1. The van der Waals surface area contributed by atoms with Gasteiger partial charge in [-0.2, -0.15) is 0 Å². The zero-order chi connectivity index (χ0) is 25.4. The summed E-state index contributed by atoms with van der Waals surface area (Å²) in [5.41, 5.74) is 4.01. The quantitative estimate of drug-likeness (QED) is 0.338. The molecule has 0 bridgehead atoms. The van der Waals surface area contributed by atoms with Crippen LogP contribution in [0.5, 0.6) is 5.75 Å². The molecule has 1 N–H and O–H groups in total. The molecule has 182 valence electrons. The molecular weight excluding hydrogens is 474 g/mol. The molecular formula is C27H25N5O3S. The van der Waals surface area contributed by atoms with Crippen LogP contribution in [0.3, 0.4) is 0 Å².